The summed E-state index contributed by atoms with van der Waals surface area (Å²) in [5, 5.41) is 12.6. The molecule has 2 rings (SSSR count). The van der Waals surface area contributed by atoms with Crippen molar-refractivity contribution in [2.45, 2.75) is 25.8 Å². The molecule has 1 aliphatic rings. The van der Waals surface area contributed by atoms with Crippen LogP contribution in [0.2, 0.25) is 0 Å². The first-order valence-corrected chi connectivity index (χ1v) is 5.70. The van der Waals surface area contributed by atoms with Gasteiger partial charge in [0.15, 0.2) is 0 Å². The van der Waals surface area contributed by atoms with Gasteiger partial charge in [-0.3, -0.25) is 9.48 Å². The van der Waals surface area contributed by atoms with E-state index in [1.54, 1.807) is 0 Å². The van der Waals surface area contributed by atoms with E-state index in [-0.39, 0.29) is 18.0 Å². The molecule has 6 nitrogen and oxygen atoms in total. The molecule has 0 atom stereocenters. The normalized spacial score (nSPS) is 15.9. The highest BCUT2D eigenvalue weighted by molar-refractivity contribution is 5.87. The molecule has 0 aliphatic carbocycles. The molecule has 0 saturated carbocycles. The fraction of sp³-hybridized carbons (Fsp3) is 0.545. The predicted octanol–water partition coefficient (Wildman–Crippen LogP) is 0.594. The molecule has 0 radical (unpaired) electrons. The third-order valence-electron chi connectivity index (χ3n) is 2.89. The van der Waals surface area contributed by atoms with Gasteiger partial charge in [0.2, 0.25) is 5.91 Å². The number of piperidine rings is 1. The zero-order valence-corrected chi connectivity index (χ0v) is 9.50. The highest BCUT2D eigenvalue weighted by Gasteiger charge is 2.17. The summed E-state index contributed by atoms with van der Waals surface area (Å²) in [6.45, 7) is 1.71. The number of likely N-dealkylation sites (tertiary alicyclic amines) is 1. The Balaban J connectivity index is 1.94. The molecule has 92 valence electrons. The Labute approximate surface area is 98.8 Å². The van der Waals surface area contributed by atoms with E-state index < -0.39 is 5.97 Å². The maximum absolute atomic E-state index is 11.9. The third kappa shape index (κ3) is 2.83. The Morgan fingerprint density at radius 3 is 2.59 bits per heavy atom. The highest BCUT2D eigenvalue weighted by Crippen LogP contribution is 2.09. The number of aromatic nitrogens is 2. The Morgan fingerprint density at radius 2 is 2.00 bits per heavy atom. The van der Waals surface area contributed by atoms with Crippen LogP contribution in [-0.2, 0) is 11.3 Å². The van der Waals surface area contributed by atoms with Gasteiger partial charge in [0, 0.05) is 19.3 Å². The molecule has 1 aromatic heterocycles. The number of carboxylic acid groups (broad SMARTS) is 1. The minimum absolute atomic E-state index is 0.00439. The molecule has 0 aromatic carbocycles. The van der Waals surface area contributed by atoms with Gasteiger partial charge in [-0.2, -0.15) is 5.10 Å². The monoisotopic (exact) mass is 237 g/mol. The lowest BCUT2D eigenvalue weighted by molar-refractivity contribution is -0.132. The zero-order valence-electron chi connectivity index (χ0n) is 9.50. The lowest BCUT2D eigenvalue weighted by Crippen LogP contribution is -2.37. The zero-order chi connectivity index (χ0) is 12.3. The van der Waals surface area contributed by atoms with Crippen molar-refractivity contribution in [3.8, 4) is 0 Å². The van der Waals surface area contributed by atoms with E-state index in [0.717, 1.165) is 25.9 Å². The number of rotatable bonds is 3. The van der Waals surface area contributed by atoms with Crippen LogP contribution in [0, 0.1) is 0 Å². The van der Waals surface area contributed by atoms with Gasteiger partial charge in [-0.05, 0) is 19.3 Å². The van der Waals surface area contributed by atoms with E-state index in [0.29, 0.717) is 0 Å². The SMILES string of the molecule is O=C(O)c1cnn(CC(=O)N2CCCCC2)c1. The molecule has 1 fully saturated rings. The largest absolute Gasteiger partial charge is 0.478 e. The minimum atomic E-state index is -1.03. The second-order valence-corrected chi connectivity index (χ2v) is 4.17. The van der Waals surface area contributed by atoms with E-state index in [4.69, 9.17) is 5.11 Å². The first-order valence-electron chi connectivity index (χ1n) is 5.70. The molecule has 1 amide bonds. The van der Waals surface area contributed by atoms with Crippen LogP contribution >= 0.6 is 0 Å². The van der Waals surface area contributed by atoms with Crippen molar-refractivity contribution in [2.24, 2.45) is 0 Å². The summed E-state index contributed by atoms with van der Waals surface area (Å²) < 4.78 is 1.38. The standard InChI is InChI=1S/C11H15N3O3/c15-10(13-4-2-1-3-5-13)8-14-7-9(6-12-14)11(16)17/h6-7H,1-5,8H2,(H,16,17). The van der Waals surface area contributed by atoms with E-state index in [1.807, 2.05) is 4.90 Å². The Hall–Kier alpha value is -1.85. The first-order chi connectivity index (χ1) is 8.16. The summed E-state index contributed by atoms with van der Waals surface area (Å²) in [4.78, 5) is 24.3. The molecule has 0 spiro atoms. The van der Waals surface area contributed by atoms with Gasteiger partial charge < -0.3 is 10.0 Å². The van der Waals surface area contributed by atoms with Gasteiger partial charge in [0.05, 0.1) is 11.8 Å². The topological polar surface area (TPSA) is 75.4 Å². The van der Waals surface area contributed by atoms with Gasteiger partial charge in [-0.25, -0.2) is 4.79 Å². The van der Waals surface area contributed by atoms with Crippen LogP contribution in [0.4, 0.5) is 0 Å². The number of hydrogen-bond donors (Lipinski definition) is 1. The highest BCUT2D eigenvalue weighted by atomic mass is 16.4. The van der Waals surface area contributed by atoms with Crippen LogP contribution in [0.25, 0.3) is 0 Å². The number of nitrogens with zero attached hydrogens (tertiary/aromatic N) is 3. The average molecular weight is 237 g/mol. The van der Waals surface area contributed by atoms with Crippen molar-refractivity contribution in [2.75, 3.05) is 13.1 Å². The second kappa shape index (κ2) is 4.99. The van der Waals surface area contributed by atoms with E-state index in [2.05, 4.69) is 5.10 Å². The molecule has 1 aliphatic heterocycles. The van der Waals surface area contributed by atoms with Gasteiger partial charge >= 0.3 is 5.97 Å². The fourth-order valence-corrected chi connectivity index (χ4v) is 1.94. The van der Waals surface area contributed by atoms with Crippen molar-refractivity contribution in [1.29, 1.82) is 0 Å². The molecule has 2 heterocycles. The van der Waals surface area contributed by atoms with Gasteiger partial charge in [-0.15, -0.1) is 0 Å². The summed E-state index contributed by atoms with van der Waals surface area (Å²) in [7, 11) is 0. The summed E-state index contributed by atoms with van der Waals surface area (Å²) in [6, 6.07) is 0. The number of carbonyl (C=O) groups excluding carboxylic acids is 1. The number of hydrogen-bond acceptors (Lipinski definition) is 3. The third-order valence-corrected chi connectivity index (χ3v) is 2.89. The molecule has 17 heavy (non-hydrogen) atoms. The molecule has 1 N–H and O–H groups in total. The van der Waals surface area contributed by atoms with Crippen molar-refractivity contribution < 1.29 is 14.7 Å². The van der Waals surface area contributed by atoms with Gasteiger partial charge in [0.1, 0.15) is 6.54 Å². The van der Waals surface area contributed by atoms with Crippen LogP contribution < -0.4 is 0 Å². The van der Waals surface area contributed by atoms with E-state index in [9.17, 15) is 9.59 Å². The smallest absolute Gasteiger partial charge is 0.338 e. The Kier molecular flexibility index (Phi) is 3.41. The number of carboxylic acids is 1. The van der Waals surface area contributed by atoms with Crippen molar-refractivity contribution in [1.82, 2.24) is 14.7 Å². The molecule has 0 bridgehead atoms. The van der Waals surface area contributed by atoms with Crippen LogP contribution in [-0.4, -0.2) is 44.8 Å². The number of aromatic carboxylic acids is 1. The molecule has 1 saturated heterocycles. The Bertz CT molecular complexity index is 421. The lowest BCUT2D eigenvalue weighted by atomic mass is 10.1. The molecule has 1 aromatic rings. The fourth-order valence-electron chi connectivity index (χ4n) is 1.94. The van der Waals surface area contributed by atoms with Crippen LogP contribution in [0.5, 0.6) is 0 Å². The van der Waals surface area contributed by atoms with Crippen molar-refractivity contribution in [3.05, 3.63) is 18.0 Å². The average Bonchev–Trinajstić information content (AvgIpc) is 2.79. The lowest BCUT2D eigenvalue weighted by Gasteiger charge is -2.26. The van der Waals surface area contributed by atoms with Gasteiger partial charge in [0.25, 0.3) is 0 Å². The summed E-state index contributed by atoms with van der Waals surface area (Å²) in [5.41, 5.74) is 0.108. The van der Waals surface area contributed by atoms with Gasteiger partial charge in [-0.1, -0.05) is 0 Å². The summed E-state index contributed by atoms with van der Waals surface area (Å²) in [6.07, 6.45) is 5.90. The van der Waals surface area contributed by atoms with Crippen LogP contribution in [0.3, 0.4) is 0 Å². The molecular weight excluding hydrogens is 222 g/mol. The van der Waals surface area contributed by atoms with Crippen LogP contribution in [0.15, 0.2) is 12.4 Å². The van der Waals surface area contributed by atoms with E-state index >= 15 is 0 Å². The maximum atomic E-state index is 11.9. The predicted molar refractivity (Wildman–Crippen MR) is 59.6 cm³/mol. The number of amides is 1. The Morgan fingerprint density at radius 1 is 1.29 bits per heavy atom. The molecular formula is C11H15N3O3. The van der Waals surface area contributed by atoms with Crippen LogP contribution in [0.1, 0.15) is 29.6 Å². The van der Waals surface area contributed by atoms with E-state index in [1.165, 1.54) is 23.5 Å². The second-order valence-electron chi connectivity index (χ2n) is 4.17. The minimum Gasteiger partial charge on any atom is -0.478 e. The first kappa shape index (κ1) is 11.6. The van der Waals surface area contributed by atoms with Crippen molar-refractivity contribution >= 4 is 11.9 Å². The number of carbonyl (C=O) groups is 2. The summed E-state index contributed by atoms with van der Waals surface area (Å²) in [5.74, 6) is -1.02. The van der Waals surface area contributed by atoms with Crippen molar-refractivity contribution in [3.63, 3.8) is 0 Å². The molecule has 0 unspecified atom stereocenters. The quantitative estimate of drug-likeness (QED) is 0.835. The maximum Gasteiger partial charge on any atom is 0.338 e. The summed E-state index contributed by atoms with van der Waals surface area (Å²) >= 11 is 0. The molecule has 6 heteroatoms.